The molecule has 32 heavy (non-hydrogen) atoms. The molecule has 4 aromatic rings. The Bertz CT molecular complexity index is 1280. The third kappa shape index (κ3) is 3.93. The summed E-state index contributed by atoms with van der Waals surface area (Å²) in [6, 6.07) is 10.2. The van der Waals surface area contributed by atoms with E-state index in [-0.39, 0.29) is 41.8 Å². The largest absolute Gasteiger partial charge is 0.382 e. The Morgan fingerprint density at radius 1 is 1.22 bits per heavy atom. The second-order valence-corrected chi connectivity index (χ2v) is 7.64. The molecular weight excluding hydrogens is 433 g/mol. The van der Waals surface area contributed by atoms with Gasteiger partial charge in [0.1, 0.15) is 17.2 Å². The van der Waals surface area contributed by atoms with Crippen molar-refractivity contribution in [3.8, 4) is 22.8 Å². The first-order valence-electron chi connectivity index (χ1n) is 9.39. The van der Waals surface area contributed by atoms with Crippen LogP contribution in [0.5, 0.6) is 0 Å². The van der Waals surface area contributed by atoms with Gasteiger partial charge in [0, 0.05) is 23.6 Å². The lowest BCUT2D eigenvalue weighted by Gasteiger charge is -2.17. The number of anilines is 3. The molecule has 0 aliphatic rings. The van der Waals surface area contributed by atoms with Crippen molar-refractivity contribution in [2.75, 3.05) is 23.4 Å². The third-order valence-electron chi connectivity index (χ3n) is 4.81. The van der Waals surface area contributed by atoms with Gasteiger partial charge in [0.05, 0.1) is 12.2 Å². The fraction of sp³-hybridized carbons (Fsp3) is 0.0952. The average Bonchev–Trinajstić information content (AvgIpc) is 3.44. The standard InChI is InChI=1S/C21H18FN7O2S/c1-28(17(31)10-30)18-19(23)25-21(26-20(18)24)15-8-16(13-6-7-32-11-13)29(27-15)9-12-4-2-3-5-14(12)22/h2-8,10-11H,9H2,1H3,(H4,23,24,25,26). The second-order valence-electron chi connectivity index (χ2n) is 6.86. The maximum atomic E-state index is 14.2. The molecule has 0 saturated carbocycles. The van der Waals surface area contributed by atoms with Gasteiger partial charge in [-0.3, -0.25) is 14.3 Å². The number of aromatic nitrogens is 4. The predicted octanol–water partition coefficient (Wildman–Crippen LogP) is 2.58. The van der Waals surface area contributed by atoms with E-state index < -0.39 is 5.91 Å². The van der Waals surface area contributed by atoms with Crippen molar-refractivity contribution in [2.45, 2.75) is 6.54 Å². The Hall–Kier alpha value is -4.12. The summed E-state index contributed by atoms with van der Waals surface area (Å²) in [5.41, 5.74) is 14.5. The van der Waals surface area contributed by atoms with E-state index in [1.54, 1.807) is 28.9 Å². The average molecular weight is 451 g/mol. The lowest BCUT2D eigenvalue weighted by Crippen LogP contribution is -2.29. The molecule has 0 radical (unpaired) electrons. The lowest BCUT2D eigenvalue weighted by molar-refractivity contribution is -0.129. The number of carbonyl (C=O) groups excluding carboxylic acids is 2. The molecule has 0 unspecified atom stereocenters. The third-order valence-corrected chi connectivity index (χ3v) is 5.49. The zero-order valence-electron chi connectivity index (χ0n) is 16.9. The van der Waals surface area contributed by atoms with Crippen molar-refractivity contribution in [2.24, 2.45) is 0 Å². The summed E-state index contributed by atoms with van der Waals surface area (Å²) in [6.45, 7) is 0.192. The highest BCUT2D eigenvalue weighted by Crippen LogP contribution is 2.32. The molecule has 4 rings (SSSR count). The monoisotopic (exact) mass is 451 g/mol. The molecular formula is C21H18FN7O2S. The van der Waals surface area contributed by atoms with E-state index >= 15 is 0 Å². The second kappa shape index (κ2) is 8.55. The molecule has 4 N–H and O–H groups in total. The molecule has 1 amide bonds. The van der Waals surface area contributed by atoms with Crippen LogP contribution in [-0.2, 0) is 16.1 Å². The van der Waals surface area contributed by atoms with Gasteiger partial charge in [-0.1, -0.05) is 18.2 Å². The summed E-state index contributed by atoms with van der Waals surface area (Å²) in [7, 11) is 1.35. The van der Waals surface area contributed by atoms with Gasteiger partial charge in [-0.25, -0.2) is 14.4 Å². The Kier molecular flexibility index (Phi) is 5.65. The number of aldehydes is 1. The van der Waals surface area contributed by atoms with Crippen LogP contribution < -0.4 is 16.4 Å². The number of likely N-dealkylation sites (N-methyl/N-ethyl adjacent to an activating group) is 1. The van der Waals surface area contributed by atoms with Crippen LogP contribution in [0.25, 0.3) is 22.8 Å². The smallest absolute Gasteiger partial charge is 0.291 e. The molecule has 0 aliphatic carbocycles. The van der Waals surface area contributed by atoms with E-state index in [9.17, 15) is 14.0 Å². The van der Waals surface area contributed by atoms with Crippen molar-refractivity contribution >= 4 is 40.9 Å². The van der Waals surface area contributed by atoms with E-state index in [1.807, 2.05) is 16.8 Å². The number of nitrogens with zero attached hydrogens (tertiary/aromatic N) is 5. The maximum absolute atomic E-state index is 14.2. The van der Waals surface area contributed by atoms with Crippen LogP contribution in [0.15, 0.2) is 47.2 Å². The van der Waals surface area contributed by atoms with Crippen LogP contribution in [0, 0.1) is 5.82 Å². The minimum absolute atomic E-state index is 0.0368. The van der Waals surface area contributed by atoms with E-state index in [0.717, 1.165) is 16.2 Å². The number of amides is 1. The summed E-state index contributed by atoms with van der Waals surface area (Å²) in [4.78, 5) is 31.9. The number of thiophene rings is 1. The highest BCUT2D eigenvalue weighted by Gasteiger charge is 2.22. The molecule has 0 spiro atoms. The summed E-state index contributed by atoms with van der Waals surface area (Å²) in [6.07, 6.45) is 0.143. The van der Waals surface area contributed by atoms with E-state index in [1.165, 1.54) is 24.5 Å². The SMILES string of the molecule is CN(C(=O)C=O)c1c(N)nc(-c2cc(-c3ccsc3)n(Cc3ccccc3F)n2)nc1N. The fourth-order valence-corrected chi connectivity index (χ4v) is 3.86. The molecule has 0 saturated heterocycles. The Labute approximate surface area is 186 Å². The summed E-state index contributed by atoms with van der Waals surface area (Å²) < 4.78 is 15.9. The van der Waals surface area contributed by atoms with Gasteiger partial charge < -0.3 is 16.4 Å². The summed E-state index contributed by atoms with van der Waals surface area (Å²) in [5, 5.41) is 8.44. The van der Waals surface area contributed by atoms with Crippen LogP contribution >= 0.6 is 11.3 Å². The van der Waals surface area contributed by atoms with Crippen LogP contribution in [0.4, 0.5) is 21.7 Å². The number of benzene rings is 1. The molecule has 162 valence electrons. The Morgan fingerprint density at radius 2 is 1.94 bits per heavy atom. The number of hydrogen-bond donors (Lipinski definition) is 2. The lowest BCUT2D eigenvalue weighted by atomic mass is 10.2. The molecule has 0 bridgehead atoms. The number of halogens is 1. The number of rotatable bonds is 6. The number of nitrogen functional groups attached to an aromatic ring is 2. The van der Waals surface area contributed by atoms with Crippen molar-refractivity contribution in [3.05, 3.63) is 58.5 Å². The molecule has 1 aromatic carbocycles. The fourth-order valence-electron chi connectivity index (χ4n) is 3.21. The van der Waals surface area contributed by atoms with Gasteiger partial charge in [-0.2, -0.15) is 16.4 Å². The van der Waals surface area contributed by atoms with Crippen LogP contribution in [0.2, 0.25) is 0 Å². The Balaban J connectivity index is 1.78. The van der Waals surface area contributed by atoms with Gasteiger partial charge in [-0.15, -0.1) is 0 Å². The molecule has 0 aliphatic heterocycles. The first kappa shape index (κ1) is 21.1. The topological polar surface area (TPSA) is 133 Å². The van der Waals surface area contributed by atoms with Gasteiger partial charge in [-0.05, 0) is 23.6 Å². The van der Waals surface area contributed by atoms with Crippen molar-refractivity contribution in [1.82, 2.24) is 19.7 Å². The van der Waals surface area contributed by atoms with Gasteiger partial charge in [0.15, 0.2) is 17.5 Å². The van der Waals surface area contributed by atoms with Gasteiger partial charge in [0.25, 0.3) is 5.91 Å². The minimum atomic E-state index is -0.839. The zero-order valence-corrected chi connectivity index (χ0v) is 17.7. The predicted molar refractivity (Wildman–Crippen MR) is 120 cm³/mol. The van der Waals surface area contributed by atoms with E-state index in [4.69, 9.17) is 11.5 Å². The van der Waals surface area contributed by atoms with Crippen molar-refractivity contribution in [1.29, 1.82) is 0 Å². The maximum Gasteiger partial charge on any atom is 0.291 e. The molecule has 11 heteroatoms. The quantitative estimate of drug-likeness (QED) is 0.340. The van der Waals surface area contributed by atoms with Gasteiger partial charge >= 0.3 is 0 Å². The van der Waals surface area contributed by atoms with Crippen LogP contribution in [0.1, 0.15) is 5.56 Å². The van der Waals surface area contributed by atoms with E-state index in [0.29, 0.717) is 11.3 Å². The number of nitrogens with two attached hydrogens (primary N) is 2. The Morgan fingerprint density at radius 3 is 2.56 bits per heavy atom. The van der Waals surface area contributed by atoms with Crippen LogP contribution in [-0.4, -0.2) is 39.0 Å². The number of carbonyl (C=O) groups is 2. The highest BCUT2D eigenvalue weighted by molar-refractivity contribution is 7.08. The number of hydrogen-bond acceptors (Lipinski definition) is 8. The van der Waals surface area contributed by atoms with Crippen molar-refractivity contribution in [3.63, 3.8) is 0 Å². The summed E-state index contributed by atoms with van der Waals surface area (Å²) in [5.74, 6) is -1.19. The first-order valence-corrected chi connectivity index (χ1v) is 10.3. The van der Waals surface area contributed by atoms with Crippen LogP contribution in [0.3, 0.4) is 0 Å². The highest BCUT2D eigenvalue weighted by atomic mass is 32.1. The molecule has 3 aromatic heterocycles. The molecule has 9 nitrogen and oxygen atoms in total. The molecule has 0 fully saturated rings. The zero-order chi connectivity index (χ0) is 22.8. The van der Waals surface area contributed by atoms with E-state index in [2.05, 4.69) is 15.1 Å². The normalized spacial score (nSPS) is 10.8. The minimum Gasteiger partial charge on any atom is -0.382 e. The molecule has 3 heterocycles. The summed E-state index contributed by atoms with van der Waals surface area (Å²) >= 11 is 1.52. The first-order chi connectivity index (χ1) is 15.4. The van der Waals surface area contributed by atoms with Gasteiger partial charge in [0.2, 0.25) is 6.29 Å². The van der Waals surface area contributed by atoms with Crippen molar-refractivity contribution < 1.29 is 14.0 Å². The molecule has 0 atom stereocenters.